The largest absolute Gasteiger partial charge is 0.466 e. The number of hydrogen-bond donors (Lipinski definition) is 3. The molecule has 3 N–H and O–H groups in total. The number of hydrogen-bond acceptors (Lipinski definition) is 5. The van der Waals surface area contributed by atoms with E-state index in [2.05, 4.69) is 43.5 Å². The van der Waals surface area contributed by atoms with Gasteiger partial charge in [-0.05, 0) is 64.2 Å². The van der Waals surface area contributed by atoms with Crippen molar-refractivity contribution in [2.24, 2.45) is 0 Å². The highest BCUT2D eigenvalue weighted by atomic mass is 16.5. The molecule has 0 aliphatic rings. The van der Waals surface area contributed by atoms with E-state index in [1.807, 2.05) is 6.08 Å². The number of amides is 1. The third-order valence-electron chi connectivity index (χ3n) is 16.7. The first-order valence-corrected chi connectivity index (χ1v) is 35.8. The molecule has 0 fully saturated rings. The number of aliphatic hydroxyl groups excluding tert-OH is 2. The highest BCUT2D eigenvalue weighted by Crippen LogP contribution is 2.18. The lowest BCUT2D eigenvalue weighted by molar-refractivity contribution is -0.143. The lowest BCUT2D eigenvalue weighted by atomic mass is 10.0. The van der Waals surface area contributed by atoms with Crippen molar-refractivity contribution in [3.05, 3.63) is 36.5 Å². The van der Waals surface area contributed by atoms with E-state index in [0.717, 1.165) is 44.9 Å². The molecule has 0 aliphatic carbocycles. The first kappa shape index (κ1) is 77.1. The van der Waals surface area contributed by atoms with Crippen molar-refractivity contribution in [1.29, 1.82) is 0 Å². The van der Waals surface area contributed by atoms with Crippen LogP contribution in [0.25, 0.3) is 0 Å². The number of allylic oxidation sites excluding steroid dienone is 5. The maximum atomic E-state index is 12.5. The molecule has 0 saturated heterocycles. The van der Waals surface area contributed by atoms with Crippen molar-refractivity contribution in [2.75, 3.05) is 13.2 Å². The minimum absolute atomic E-state index is 0.0139. The van der Waals surface area contributed by atoms with E-state index >= 15 is 0 Å². The number of esters is 1. The van der Waals surface area contributed by atoms with Crippen molar-refractivity contribution in [1.82, 2.24) is 5.32 Å². The summed E-state index contributed by atoms with van der Waals surface area (Å²) in [6.07, 6.45) is 87.9. The molecule has 0 radical (unpaired) electrons. The lowest BCUT2D eigenvalue weighted by Gasteiger charge is -2.20. The second-order valence-electron chi connectivity index (χ2n) is 24.6. The zero-order valence-corrected chi connectivity index (χ0v) is 53.4. The summed E-state index contributed by atoms with van der Waals surface area (Å²) in [4.78, 5) is 24.6. The summed E-state index contributed by atoms with van der Waals surface area (Å²) < 4.78 is 5.51. The number of nitrogens with one attached hydrogen (secondary N) is 1. The van der Waals surface area contributed by atoms with E-state index in [4.69, 9.17) is 4.74 Å². The summed E-state index contributed by atoms with van der Waals surface area (Å²) in [5.74, 6) is -0.0574. The van der Waals surface area contributed by atoms with Crippen molar-refractivity contribution in [3.63, 3.8) is 0 Å². The highest BCUT2D eigenvalue weighted by molar-refractivity contribution is 5.76. The van der Waals surface area contributed by atoms with Gasteiger partial charge in [0.15, 0.2) is 0 Å². The molecule has 0 aliphatic heterocycles. The number of aliphatic hydroxyl groups is 2. The van der Waals surface area contributed by atoms with Crippen LogP contribution in [0.2, 0.25) is 0 Å². The van der Waals surface area contributed by atoms with E-state index in [9.17, 15) is 19.8 Å². The lowest BCUT2D eigenvalue weighted by Crippen LogP contribution is -2.45. The molecule has 0 spiro atoms. The minimum atomic E-state index is -0.849. The van der Waals surface area contributed by atoms with Crippen LogP contribution in [0.5, 0.6) is 0 Å². The van der Waals surface area contributed by atoms with E-state index in [1.165, 1.54) is 321 Å². The molecule has 1 amide bonds. The van der Waals surface area contributed by atoms with Crippen LogP contribution in [0.1, 0.15) is 393 Å². The van der Waals surface area contributed by atoms with Crippen LogP contribution < -0.4 is 5.32 Å². The van der Waals surface area contributed by atoms with Gasteiger partial charge in [0.25, 0.3) is 0 Å². The summed E-state index contributed by atoms with van der Waals surface area (Å²) >= 11 is 0. The third kappa shape index (κ3) is 65.1. The predicted octanol–water partition coefficient (Wildman–Crippen LogP) is 23.1. The first-order chi connectivity index (χ1) is 39.0. The van der Waals surface area contributed by atoms with Crippen molar-refractivity contribution in [3.8, 4) is 0 Å². The number of ether oxygens (including phenoxy) is 1. The molecular formula is C73H139NO5. The molecular weight excluding hydrogens is 971 g/mol. The Hall–Kier alpha value is -1.92. The standard InChI is InChI=1S/C73H139NO5/c1-3-5-7-9-11-13-15-17-19-21-30-35-39-43-47-51-55-59-63-67-73(78)79-68-64-60-56-52-48-44-40-36-32-29-27-25-23-24-26-28-31-34-38-42-46-50-54-58-62-66-72(77)74-70(69-75)71(76)65-61-57-53-49-45-41-37-33-22-20-18-16-14-12-10-8-6-4-2/h24-27,61,65,70-71,75-76H,3-23,28-60,62-64,66-69H2,1-2H3,(H,74,77)/b26-24-,27-25-,65-61+. The molecule has 0 heterocycles. The van der Waals surface area contributed by atoms with Gasteiger partial charge < -0.3 is 20.3 Å². The fourth-order valence-electron chi connectivity index (χ4n) is 11.2. The van der Waals surface area contributed by atoms with Crippen LogP contribution in [0.15, 0.2) is 36.5 Å². The van der Waals surface area contributed by atoms with E-state index in [0.29, 0.717) is 19.4 Å². The van der Waals surface area contributed by atoms with Gasteiger partial charge in [-0.1, -0.05) is 352 Å². The van der Waals surface area contributed by atoms with Gasteiger partial charge >= 0.3 is 5.97 Å². The summed E-state index contributed by atoms with van der Waals surface area (Å²) in [7, 11) is 0. The Balaban J connectivity index is 3.43. The quantitative estimate of drug-likeness (QED) is 0.0320. The van der Waals surface area contributed by atoms with Crippen LogP contribution in [-0.2, 0) is 14.3 Å². The topological polar surface area (TPSA) is 95.9 Å². The molecule has 0 bridgehead atoms. The van der Waals surface area contributed by atoms with Gasteiger partial charge in [0.05, 0.1) is 25.4 Å². The molecule has 2 unspecified atom stereocenters. The molecule has 0 aromatic carbocycles. The molecule has 6 nitrogen and oxygen atoms in total. The van der Waals surface area contributed by atoms with Gasteiger partial charge in [-0.25, -0.2) is 0 Å². The fraction of sp³-hybridized carbons (Fsp3) is 0.890. The Kier molecular flexibility index (Phi) is 66.9. The summed E-state index contributed by atoms with van der Waals surface area (Å²) in [5, 5.41) is 23.2. The molecule has 79 heavy (non-hydrogen) atoms. The Morgan fingerprint density at radius 2 is 0.633 bits per heavy atom. The van der Waals surface area contributed by atoms with E-state index in [-0.39, 0.29) is 18.5 Å². The molecule has 6 heteroatoms. The second kappa shape index (κ2) is 68.6. The van der Waals surface area contributed by atoms with Crippen LogP contribution in [-0.4, -0.2) is 47.4 Å². The Bertz CT molecular complexity index is 1280. The number of carbonyl (C=O) groups excluding carboxylic acids is 2. The maximum Gasteiger partial charge on any atom is 0.305 e. The molecule has 0 saturated carbocycles. The highest BCUT2D eigenvalue weighted by Gasteiger charge is 2.18. The second-order valence-corrected chi connectivity index (χ2v) is 24.6. The number of carbonyl (C=O) groups is 2. The Morgan fingerprint density at radius 1 is 0.354 bits per heavy atom. The third-order valence-corrected chi connectivity index (χ3v) is 16.7. The summed E-state index contributed by atoms with van der Waals surface area (Å²) in [5.41, 5.74) is 0. The molecule has 0 aromatic heterocycles. The maximum absolute atomic E-state index is 12.5. The normalized spacial score (nSPS) is 12.7. The van der Waals surface area contributed by atoms with E-state index in [1.54, 1.807) is 6.08 Å². The van der Waals surface area contributed by atoms with Crippen LogP contribution in [0.3, 0.4) is 0 Å². The predicted molar refractivity (Wildman–Crippen MR) is 347 cm³/mol. The monoisotopic (exact) mass is 1110 g/mol. The van der Waals surface area contributed by atoms with Gasteiger partial charge in [0.1, 0.15) is 0 Å². The van der Waals surface area contributed by atoms with Crippen LogP contribution >= 0.6 is 0 Å². The zero-order chi connectivity index (χ0) is 57.1. The molecule has 0 aromatic rings. The van der Waals surface area contributed by atoms with E-state index < -0.39 is 12.1 Å². The SMILES string of the molecule is CCCCCCCCCCCCCCCCCC/C=C/C(O)C(CO)NC(=O)CCCCCCCCCCC/C=C\C/C=C\CCCCCCCCCCCOC(=O)CCCCCCCCCCCCCCCCCCCCC. The fourth-order valence-corrected chi connectivity index (χ4v) is 11.2. The van der Waals surface area contributed by atoms with Crippen molar-refractivity contribution < 1.29 is 24.5 Å². The smallest absolute Gasteiger partial charge is 0.305 e. The van der Waals surface area contributed by atoms with Crippen molar-refractivity contribution >= 4 is 11.9 Å². The first-order valence-electron chi connectivity index (χ1n) is 35.8. The van der Waals surface area contributed by atoms with Crippen molar-refractivity contribution in [2.45, 2.75) is 405 Å². The molecule has 0 rings (SSSR count). The molecule has 2 atom stereocenters. The number of unbranched alkanes of at least 4 members (excludes halogenated alkanes) is 52. The molecule has 466 valence electrons. The van der Waals surface area contributed by atoms with Gasteiger partial charge in [-0.2, -0.15) is 0 Å². The average molecular weight is 1110 g/mol. The van der Waals surface area contributed by atoms with Gasteiger partial charge in [-0.3, -0.25) is 9.59 Å². The van der Waals surface area contributed by atoms with Gasteiger partial charge in [-0.15, -0.1) is 0 Å². The Labute approximate surface area is 494 Å². The van der Waals surface area contributed by atoms with Crippen LogP contribution in [0.4, 0.5) is 0 Å². The summed E-state index contributed by atoms with van der Waals surface area (Å²) in [6.45, 7) is 4.94. The number of rotatable bonds is 67. The minimum Gasteiger partial charge on any atom is -0.466 e. The van der Waals surface area contributed by atoms with Gasteiger partial charge in [0, 0.05) is 12.8 Å². The zero-order valence-electron chi connectivity index (χ0n) is 53.4. The average Bonchev–Trinajstić information content (AvgIpc) is 3.45. The summed E-state index contributed by atoms with van der Waals surface area (Å²) in [6, 6.07) is -0.633. The van der Waals surface area contributed by atoms with Crippen LogP contribution in [0, 0.1) is 0 Å². The van der Waals surface area contributed by atoms with Gasteiger partial charge in [0.2, 0.25) is 5.91 Å². The Morgan fingerprint density at radius 3 is 0.962 bits per heavy atom.